The Bertz CT molecular complexity index is 703. The van der Waals surface area contributed by atoms with Crippen LogP contribution in [0.3, 0.4) is 0 Å². The summed E-state index contributed by atoms with van der Waals surface area (Å²) >= 11 is 0. The van der Waals surface area contributed by atoms with Crippen molar-refractivity contribution in [3.63, 3.8) is 0 Å². The lowest BCUT2D eigenvalue weighted by Crippen LogP contribution is -2.42. The SMILES string of the molecule is CC(C)(C)C1=CC2C(C=C1)C1C=CC(C(C)(C)C)=CC1C2[Si](C)(C)C1CCCC1. The summed E-state index contributed by atoms with van der Waals surface area (Å²) in [6, 6.07) is 0. The van der Waals surface area contributed by atoms with E-state index in [1.807, 2.05) is 0 Å². The molecule has 29 heavy (non-hydrogen) atoms. The molecule has 0 aromatic rings. The van der Waals surface area contributed by atoms with Gasteiger partial charge in [0.05, 0.1) is 8.07 Å². The van der Waals surface area contributed by atoms with E-state index in [0.717, 1.165) is 22.9 Å². The fourth-order valence-electron chi connectivity index (χ4n) is 7.08. The molecule has 4 unspecified atom stereocenters. The van der Waals surface area contributed by atoms with E-state index < -0.39 is 8.07 Å². The van der Waals surface area contributed by atoms with Gasteiger partial charge in [0.2, 0.25) is 0 Å². The van der Waals surface area contributed by atoms with Crippen molar-refractivity contribution in [3.8, 4) is 0 Å². The second-order valence-corrected chi connectivity index (χ2v) is 18.2. The smallest absolute Gasteiger partial charge is 0.0548 e. The zero-order valence-electron chi connectivity index (χ0n) is 20.3. The molecule has 0 saturated heterocycles. The molecule has 0 amide bonds. The molecule has 4 aliphatic carbocycles. The maximum absolute atomic E-state index is 2.76. The number of allylic oxidation sites excluding steroid dienone is 8. The Hall–Kier alpha value is -0.823. The Balaban J connectivity index is 1.79. The van der Waals surface area contributed by atoms with E-state index in [1.54, 1.807) is 11.1 Å². The highest BCUT2D eigenvalue weighted by Gasteiger charge is 2.56. The molecule has 4 rings (SSSR count). The van der Waals surface area contributed by atoms with Crippen molar-refractivity contribution in [1.82, 2.24) is 0 Å². The van der Waals surface area contributed by atoms with Gasteiger partial charge in [0, 0.05) is 0 Å². The largest absolute Gasteiger partial charge is 0.0799 e. The van der Waals surface area contributed by atoms with E-state index in [9.17, 15) is 0 Å². The van der Waals surface area contributed by atoms with Crippen LogP contribution in [0.25, 0.3) is 0 Å². The minimum atomic E-state index is -1.39. The highest BCUT2D eigenvalue weighted by molar-refractivity contribution is 6.80. The first-order chi connectivity index (χ1) is 13.4. The maximum Gasteiger partial charge on any atom is 0.0548 e. The summed E-state index contributed by atoms with van der Waals surface area (Å²) < 4.78 is 0. The van der Waals surface area contributed by atoms with E-state index >= 15 is 0 Å². The first-order valence-corrected chi connectivity index (χ1v) is 15.4. The standard InChI is InChI=1S/C28H44Si/c1-27(2,3)19-13-15-22-23-16-14-20(28(4,5)6)18-25(23)26(24(22)17-19)29(7,8)21-11-9-10-12-21/h13-18,21-26H,9-12H2,1-8H3. The zero-order chi connectivity index (χ0) is 21.2. The van der Waals surface area contributed by atoms with Crippen LogP contribution in [0.1, 0.15) is 67.2 Å². The van der Waals surface area contributed by atoms with Gasteiger partial charge in [-0.2, -0.15) is 0 Å². The minimum Gasteiger partial charge on any atom is -0.0799 e. The third kappa shape index (κ3) is 3.71. The summed E-state index contributed by atoms with van der Waals surface area (Å²) in [5.74, 6) is 2.90. The monoisotopic (exact) mass is 408 g/mol. The minimum absolute atomic E-state index is 0.251. The molecule has 4 atom stereocenters. The average molecular weight is 409 g/mol. The van der Waals surface area contributed by atoms with Crippen molar-refractivity contribution < 1.29 is 0 Å². The lowest BCUT2D eigenvalue weighted by molar-refractivity contribution is 0.433. The lowest BCUT2D eigenvalue weighted by Gasteiger charge is -2.43. The molecule has 2 saturated carbocycles. The molecule has 0 spiro atoms. The molecule has 0 radical (unpaired) electrons. The van der Waals surface area contributed by atoms with Crippen LogP contribution in [0.15, 0.2) is 47.6 Å². The van der Waals surface area contributed by atoms with Gasteiger partial charge in [0.25, 0.3) is 0 Å². The summed E-state index contributed by atoms with van der Waals surface area (Å²) in [6.07, 6.45) is 21.6. The zero-order valence-corrected chi connectivity index (χ0v) is 21.3. The lowest BCUT2D eigenvalue weighted by atomic mass is 9.74. The molecular weight excluding hydrogens is 364 g/mol. The molecule has 0 aliphatic heterocycles. The number of rotatable bonds is 2. The summed E-state index contributed by atoms with van der Waals surface area (Å²) in [5.41, 5.74) is 5.56. The highest BCUT2D eigenvalue weighted by Crippen LogP contribution is 2.63. The Morgan fingerprint density at radius 3 is 1.48 bits per heavy atom. The van der Waals surface area contributed by atoms with Gasteiger partial charge in [0.1, 0.15) is 0 Å². The Labute approximate surface area is 181 Å². The van der Waals surface area contributed by atoms with Gasteiger partial charge in [-0.25, -0.2) is 0 Å². The normalized spacial score (nSPS) is 35.4. The van der Waals surface area contributed by atoms with Crippen molar-refractivity contribution in [1.29, 1.82) is 0 Å². The fourth-order valence-corrected chi connectivity index (χ4v) is 12.1. The van der Waals surface area contributed by atoms with Crippen molar-refractivity contribution in [2.24, 2.45) is 34.5 Å². The molecule has 0 aromatic carbocycles. The van der Waals surface area contributed by atoms with Crippen LogP contribution in [0.2, 0.25) is 24.2 Å². The molecule has 160 valence electrons. The fraction of sp³-hybridized carbons (Fsp3) is 0.714. The van der Waals surface area contributed by atoms with Gasteiger partial charge < -0.3 is 0 Å². The van der Waals surface area contributed by atoms with Crippen LogP contribution in [0.5, 0.6) is 0 Å². The van der Waals surface area contributed by atoms with Crippen molar-refractivity contribution >= 4 is 8.07 Å². The van der Waals surface area contributed by atoms with E-state index in [2.05, 4.69) is 91.1 Å². The van der Waals surface area contributed by atoms with Crippen LogP contribution in [-0.4, -0.2) is 8.07 Å². The summed E-state index contributed by atoms with van der Waals surface area (Å²) in [4.78, 5) is 0. The van der Waals surface area contributed by atoms with Gasteiger partial charge in [-0.15, -0.1) is 0 Å². The molecule has 0 bridgehead atoms. The first-order valence-electron chi connectivity index (χ1n) is 12.2. The Kier molecular flexibility index (Phi) is 5.25. The quantitative estimate of drug-likeness (QED) is 0.401. The molecule has 1 heteroatoms. The average Bonchev–Trinajstić information content (AvgIpc) is 3.26. The highest BCUT2D eigenvalue weighted by atomic mass is 28.3. The first kappa shape index (κ1) is 21.4. The van der Waals surface area contributed by atoms with Crippen molar-refractivity contribution in [2.45, 2.75) is 91.4 Å². The molecular formula is C28H44Si. The summed E-state index contributed by atoms with van der Waals surface area (Å²) in [5, 5.41) is 0. The summed E-state index contributed by atoms with van der Waals surface area (Å²) in [7, 11) is -1.39. The van der Waals surface area contributed by atoms with Crippen LogP contribution in [0, 0.1) is 34.5 Å². The topological polar surface area (TPSA) is 0 Å². The van der Waals surface area contributed by atoms with Crippen LogP contribution < -0.4 is 0 Å². The van der Waals surface area contributed by atoms with E-state index in [-0.39, 0.29) is 10.8 Å². The molecule has 0 aromatic heterocycles. The van der Waals surface area contributed by atoms with E-state index in [4.69, 9.17) is 0 Å². The van der Waals surface area contributed by atoms with Crippen LogP contribution in [0.4, 0.5) is 0 Å². The summed E-state index contributed by atoms with van der Waals surface area (Å²) in [6.45, 7) is 19.8. The molecule has 4 aliphatic rings. The van der Waals surface area contributed by atoms with Crippen LogP contribution >= 0.6 is 0 Å². The molecule has 0 heterocycles. The van der Waals surface area contributed by atoms with Gasteiger partial charge in [-0.05, 0) is 56.7 Å². The Morgan fingerprint density at radius 2 is 1.10 bits per heavy atom. The van der Waals surface area contributed by atoms with Crippen molar-refractivity contribution in [2.75, 3.05) is 0 Å². The number of fused-ring (bicyclic) bond motifs is 3. The molecule has 2 fully saturated rings. The second-order valence-electron chi connectivity index (χ2n) is 13.1. The predicted molar refractivity (Wildman–Crippen MR) is 131 cm³/mol. The number of hydrogen-bond acceptors (Lipinski definition) is 0. The van der Waals surface area contributed by atoms with Gasteiger partial charge >= 0.3 is 0 Å². The van der Waals surface area contributed by atoms with E-state index in [1.165, 1.54) is 25.7 Å². The maximum atomic E-state index is 2.76. The van der Waals surface area contributed by atoms with Crippen LogP contribution in [-0.2, 0) is 0 Å². The van der Waals surface area contributed by atoms with Crippen molar-refractivity contribution in [3.05, 3.63) is 47.6 Å². The van der Waals surface area contributed by atoms with Gasteiger partial charge in [0.15, 0.2) is 0 Å². The Morgan fingerprint density at radius 1 is 0.690 bits per heavy atom. The molecule has 0 N–H and O–H groups in total. The van der Waals surface area contributed by atoms with E-state index in [0.29, 0.717) is 11.8 Å². The van der Waals surface area contributed by atoms with Gasteiger partial charge in [-0.3, -0.25) is 0 Å². The van der Waals surface area contributed by atoms with Gasteiger partial charge in [-0.1, -0.05) is 117 Å². The third-order valence-electron chi connectivity index (χ3n) is 8.90. The molecule has 0 nitrogen and oxygen atoms in total. The predicted octanol–water partition coefficient (Wildman–Crippen LogP) is 8.57. The third-order valence-corrected chi connectivity index (χ3v) is 14.1. The second kappa shape index (κ2) is 7.11. The number of hydrogen-bond donors (Lipinski definition) is 0.